The van der Waals surface area contributed by atoms with E-state index in [9.17, 15) is 4.79 Å². The Morgan fingerprint density at radius 3 is 2.47 bits per heavy atom. The Morgan fingerprint density at radius 1 is 1.11 bits per heavy atom. The molecular formula is C15H14BrNO2. The van der Waals surface area contributed by atoms with Crippen LogP contribution < -0.4 is 10.5 Å². The first-order valence-electron chi connectivity index (χ1n) is 5.91. The predicted octanol–water partition coefficient (Wildman–Crippen LogP) is 3.23. The summed E-state index contributed by atoms with van der Waals surface area (Å²) in [6.45, 7) is 0.476. The van der Waals surface area contributed by atoms with Gasteiger partial charge in [-0.25, -0.2) is 0 Å². The van der Waals surface area contributed by atoms with E-state index >= 15 is 0 Å². The molecule has 0 bridgehead atoms. The summed E-state index contributed by atoms with van der Waals surface area (Å²) in [5.74, 6) is 0.0583. The van der Waals surface area contributed by atoms with Crippen LogP contribution in [0.2, 0.25) is 0 Å². The second kappa shape index (κ2) is 6.38. The molecule has 0 fully saturated rings. The first kappa shape index (κ1) is 13.6. The number of halogens is 1. The Balaban J connectivity index is 2.53. The fourth-order valence-electron chi connectivity index (χ4n) is 1.87. The van der Waals surface area contributed by atoms with E-state index in [1.807, 2.05) is 42.5 Å². The topological polar surface area (TPSA) is 52.3 Å². The molecule has 0 heterocycles. The summed E-state index contributed by atoms with van der Waals surface area (Å²) in [5.41, 5.74) is 7.68. The standard InChI is InChI=1S/C15H14BrNO2/c16-9-10-19-14-12(11-5-2-1-3-6-11)7-4-8-13(14)15(17)18/h1-8H,9-10H2,(H2,17,18). The fraction of sp³-hybridized carbons (Fsp3) is 0.133. The van der Waals surface area contributed by atoms with Crippen molar-refractivity contribution in [1.82, 2.24) is 0 Å². The lowest BCUT2D eigenvalue weighted by Gasteiger charge is -2.14. The van der Waals surface area contributed by atoms with Crippen LogP contribution in [-0.4, -0.2) is 17.8 Å². The van der Waals surface area contributed by atoms with Crippen molar-refractivity contribution in [3.05, 3.63) is 54.1 Å². The van der Waals surface area contributed by atoms with E-state index in [1.54, 1.807) is 6.07 Å². The summed E-state index contributed by atoms with van der Waals surface area (Å²) in [6.07, 6.45) is 0. The molecule has 0 saturated heterocycles. The van der Waals surface area contributed by atoms with Crippen LogP contribution in [-0.2, 0) is 0 Å². The zero-order valence-electron chi connectivity index (χ0n) is 10.3. The van der Waals surface area contributed by atoms with E-state index in [-0.39, 0.29) is 0 Å². The molecule has 19 heavy (non-hydrogen) atoms. The molecule has 0 saturated carbocycles. The number of carbonyl (C=O) groups is 1. The molecule has 0 atom stereocenters. The summed E-state index contributed by atoms with van der Waals surface area (Å²) >= 11 is 3.31. The number of alkyl halides is 1. The molecule has 98 valence electrons. The monoisotopic (exact) mass is 319 g/mol. The highest BCUT2D eigenvalue weighted by Crippen LogP contribution is 2.33. The first-order chi connectivity index (χ1) is 9.24. The van der Waals surface area contributed by atoms with E-state index in [0.717, 1.165) is 11.1 Å². The number of rotatable bonds is 5. The minimum atomic E-state index is -0.484. The molecule has 0 spiro atoms. The van der Waals surface area contributed by atoms with Crippen molar-refractivity contribution in [2.24, 2.45) is 5.73 Å². The van der Waals surface area contributed by atoms with Crippen molar-refractivity contribution < 1.29 is 9.53 Å². The van der Waals surface area contributed by atoms with Gasteiger partial charge in [0.15, 0.2) is 0 Å². The Bertz CT molecular complexity index is 570. The van der Waals surface area contributed by atoms with Crippen molar-refractivity contribution in [3.8, 4) is 16.9 Å². The summed E-state index contributed by atoms with van der Waals surface area (Å²) in [5, 5.41) is 0.689. The lowest BCUT2D eigenvalue weighted by Crippen LogP contribution is -2.14. The minimum Gasteiger partial charge on any atom is -0.491 e. The van der Waals surface area contributed by atoms with E-state index in [4.69, 9.17) is 10.5 Å². The van der Waals surface area contributed by atoms with Crippen LogP contribution in [0.4, 0.5) is 0 Å². The summed E-state index contributed by atoms with van der Waals surface area (Å²) in [7, 11) is 0. The van der Waals surface area contributed by atoms with Gasteiger partial charge < -0.3 is 10.5 Å². The van der Waals surface area contributed by atoms with E-state index in [2.05, 4.69) is 15.9 Å². The van der Waals surface area contributed by atoms with Gasteiger partial charge in [0.05, 0.1) is 12.2 Å². The van der Waals surface area contributed by atoms with Gasteiger partial charge in [-0.2, -0.15) is 0 Å². The fourth-order valence-corrected chi connectivity index (χ4v) is 2.03. The van der Waals surface area contributed by atoms with Gasteiger partial charge in [0, 0.05) is 10.9 Å². The highest BCUT2D eigenvalue weighted by atomic mass is 79.9. The number of amides is 1. The Hall–Kier alpha value is -1.81. The molecule has 0 aromatic heterocycles. The van der Waals surface area contributed by atoms with Gasteiger partial charge in [-0.3, -0.25) is 4.79 Å². The van der Waals surface area contributed by atoms with Crippen molar-refractivity contribution in [3.63, 3.8) is 0 Å². The number of nitrogens with two attached hydrogens (primary N) is 1. The number of hydrogen-bond acceptors (Lipinski definition) is 2. The molecule has 0 radical (unpaired) electrons. The van der Waals surface area contributed by atoms with E-state index < -0.39 is 5.91 Å². The van der Waals surface area contributed by atoms with E-state index in [0.29, 0.717) is 23.2 Å². The van der Waals surface area contributed by atoms with Crippen molar-refractivity contribution in [1.29, 1.82) is 0 Å². The Kier molecular flexibility index (Phi) is 4.58. The summed E-state index contributed by atoms with van der Waals surface area (Å²) in [6, 6.07) is 15.2. The molecule has 2 aromatic carbocycles. The second-order valence-electron chi connectivity index (χ2n) is 3.95. The molecule has 0 aliphatic carbocycles. The zero-order chi connectivity index (χ0) is 13.7. The summed E-state index contributed by atoms with van der Waals surface area (Å²) in [4.78, 5) is 11.5. The predicted molar refractivity (Wildman–Crippen MR) is 79.7 cm³/mol. The molecule has 3 nitrogen and oxygen atoms in total. The maximum absolute atomic E-state index is 11.5. The number of primary amides is 1. The van der Waals surface area contributed by atoms with Crippen LogP contribution in [0.25, 0.3) is 11.1 Å². The number of para-hydroxylation sites is 1. The average Bonchev–Trinajstić information content (AvgIpc) is 2.45. The van der Waals surface area contributed by atoms with Crippen LogP contribution >= 0.6 is 15.9 Å². The van der Waals surface area contributed by atoms with Crippen LogP contribution in [0.15, 0.2) is 48.5 Å². The average molecular weight is 320 g/mol. The molecule has 2 rings (SSSR count). The van der Waals surface area contributed by atoms with Crippen LogP contribution in [0, 0.1) is 0 Å². The van der Waals surface area contributed by atoms with Gasteiger partial charge >= 0.3 is 0 Å². The van der Waals surface area contributed by atoms with Gasteiger partial charge in [-0.05, 0) is 11.6 Å². The van der Waals surface area contributed by atoms with Crippen LogP contribution in [0.3, 0.4) is 0 Å². The molecule has 2 N–H and O–H groups in total. The second-order valence-corrected chi connectivity index (χ2v) is 4.74. The zero-order valence-corrected chi connectivity index (χ0v) is 11.9. The molecule has 0 aliphatic rings. The lowest BCUT2D eigenvalue weighted by atomic mass is 10.0. The molecule has 2 aromatic rings. The largest absolute Gasteiger partial charge is 0.491 e. The highest BCUT2D eigenvalue weighted by Gasteiger charge is 2.14. The molecule has 4 heteroatoms. The highest BCUT2D eigenvalue weighted by molar-refractivity contribution is 9.09. The third-order valence-corrected chi connectivity index (χ3v) is 3.01. The molecule has 0 aliphatic heterocycles. The number of carbonyl (C=O) groups excluding carboxylic acids is 1. The van der Waals surface area contributed by atoms with Gasteiger partial charge in [0.25, 0.3) is 5.91 Å². The Morgan fingerprint density at radius 2 is 1.84 bits per heavy atom. The quantitative estimate of drug-likeness (QED) is 0.860. The third-order valence-electron chi connectivity index (χ3n) is 2.69. The van der Waals surface area contributed by atoms with E-state index in [1.165, 1.54) is 0 Å². The normalized spacial score (nSPS) is 10.2. The SMILES string of the molecule is NC(=O)c1cccc(-c2ccccc2)c1OCCBr. The first-order valence-corrected chi connectivity index (χ1v) is 7.03. The molecule has 1 amide bonds. The van der Waals surface area contributed by atoms with Gasteiger partial charge in [-0.1, -0.05) is 58.4 Å². The maximum Gasteiger partial charge on any atom is 0.252 e. The number of benzene rings is 2. The lowest BCUT2D eigenvalue weighted by molar-refractivity contribution is 0.0997. The van der Waals surface area contributed by atoms with Gasteiger partial charge in [0.2, 0.25) is 0 Å². The van der Waals surface area contributed by atoms with Gasteiger partial charge in [0.1, 0.15) is 5.75 Å². The van der Waals surface area contributed by atoms with Crippen LogP contribution in [0.1, 0.15) is 10.4 Å². The van der Waals surface area contributed by atoms with Crippen LogP contribution in [0.5, 0.6) is 5.75 Å². The van der Waals surface area contributed by atoms with Gasteiger partial charge in [-0.15, -0.1) is 0 Å². The number of hydrogen-bond donors (Lipinski definition) is 1. The smallest absolute Gasteiger partial charge is 0.252 e. The number of ether oxygens (including phenoxy) is 1. The van der Waals surface area contributed by atoms with Crippen molar-refractivity contribution in [2.45, 2.75) is 0 Å². The molecule has 0 unspecified atom stereocenters. The summed E-state index contributed by atoms with van der Waals surface area (Å²) < 4.78 is 5.69. The third kappa shape index (κ3) is 3.15. The Labute approximate surface area is 120 Å². The minimum absolute atomic E-state index is 0.405. The molecular weight excluding hydrogens is 306 g/mol. The van der Waals surface area contributed by atoms with Crippen molar-refractivity contribution >= 4 is 21.8 Å². The maximum atomic E-state index is 11.5. The van der Waals surface area contributed by atoms with Crippen molar-refractivity contribution in [2.75, 3.05) is 11.9 Å².